The molecule has 1 aromatic carbocycles. The van der Waals surface area contributed by atoms with E-state index >= 15 is 0 Å². The lowest BCUT2D eigenvalue weighted by Gasteiger charge is -2.18. The van der Waals surface area contributed by atoms with E-state index in [0.29, 0.717) is 13.1 Å². The molecule has 0 radical (unpaired) electrons. The molecular formula is C12H13Cl2NO4S. The molecule has 0 spiro atoms. The first-order valence-corrected chi connectivity index (χ1v) is 8.16. The van der Waals surface area contributed by atoms with Gasteiger partial charge in [0.1, 0.15) is 4.90 Å². The smallest absolute Gasteiger partial charge is 0.338 e. The average Bonchev–Trinajstić information content (AvgIpc) is 2.75. The summed E-state index contributed by atoms with van der Waals surface area (Å²) in [5.41, 5.74) is -0.387. The van der Waals surface area contributed by atoms with Gasteiger partial charge in [-0.1, -0.05) is 30.1 Å². The summed E-state index contributed by atoms with van der Waals surface area (Å²) in [6, 6.07) is 2.48. The van der Waals surface area contributed by atoms with Crippen LogP contribution in [0, 0.1) is 5.92 Å². The van der Waals surface area contributed by atoms with Crippen LogP contribution in [0.5, 0.6) is 0 Å². The molecule has 1 heterocycles. The van der Waals surface area contributed by atoms with Crippen molar-refractivity contribution >= 4 is 39.2 Å². The summed E-state index contributed by atoms with van der Waals surface area (Å²) in [5, 5.41) is 8.64. The Bertz CT molecular complexity index is 660. The van der Waals surface area contributed by atoms with Crippen LogP contribution in [0.2, 0.25) is 10.0 Å². The maximum absolute atomic E-state index is 12.5. The summed E-state index contributed by atoms with van der Waals surface area (Å²) < 4.78 is 26.3. The summed E-state index contributed by atoms with van der Waals surface area (Å²) >= 11 is 11.7. The minimum absolute atomic E-state index is 0.0868. The second-order valence-electron chi connectivity index (χ2n) is 4.80. The Kier molecular flexibility index (Phi) is 4.30. The molecule has 5 nitrogen and oxygen atoms in total. The molecular weight excluding hydrogens is 325 g/mol. The lowest BCUT2D eigenvalue weighted by molar-refractivity contribution is 0.0697. The molecule has 1 aromatic rings. The number of hydrogen-bond acceptors (Lipinski definition) is 3. The molecule has 0 bridgehead atoms. The molecule has 0 aromatic heterocycles. The number of carboxylic acid groups (broad SMARTS) is 1. The Morgan fingerprint density at radius 3 is 2.55 bits per heavy atom. The van der Waals surface area contributed by atoms with E-state index in [2.05, 4.69) is 0 Å². The van der Waals surface area contributed by atoms with Crippen molar-refractivity contribution in [3.05, 3.63) is 27.7 Å². The number of benzene rings is 1. The summed E-state index contributed by atoms with van der Waals surface area (Å²) in [6.45, 7) is 2.77. The lowest BCUT2D eigenvalue weighted by atomic mass is 10.2. The predicted molar refractivity (Wildman–Crippen MR) is 76.0 cm³/mol. The van der Waals surface area contributed by atoms with Gasteiger partial charge in [0.05, 0.1) is 15.6 Å². The van der Waals surface area contributed by atoms with Crippen LogP contribution in [0.4, 0.5) is 0 Å². The zero-order valence-electron chi connectivity index (χ0n) is 10.6. The van der Waals surface area contributed by atoms with Gasteiger partial charge in [0.25, 0.3) is 0 Å². The number of carboxylic acids is 1. The van der Waals surface area contributed by atoms with Crippen molar-refractivity contribution in [2.45, 2.75) is 18.2 Å². The Labute approximate surface area is 127 Å². The molecule has 1 unspecified atom stereocenters. The zero-order valence-corrected chi connectivity index (χ0v) is 13.0. The Balaban J connectivity index is 2.53. The monoisotopic (exact) mass is 337 g/mol. The minimum Gasteiger partial charge on any atom is -0.478 e. The Morgan fingerprint density at radius 1 is 1.40 bits per heavy atom. The molecule has 110 valence electrons. The Hall–Kier alpha value is -0.820. The van der Waals surface area contributed by atoms with Crippen LogP contribution in [0.1, 0.15) is 23.7 Å². The standard InChI is InChI=1S/C12H13Cl2NO4S/c1-7-4-5-15(6-7)20(18,19)9-3-2-8(13)10(11(9)14)12(16)17/h2-3,7H,4-6H2,1H3,(H,16,17). The molecule has 20 heavy (non-hydrogen) atoms. The van der Waals surface area contributed by atoms with Gasteiger partial charge in [0, 0.05) is 13.1 Å². The summed E-state index contributed by atoms with van der Waals surface area (Å²) in [5.74, 6) is -1.08. The van der Waals surface area contributed by atoms with Gasteiger partial charge < -0.3 is 5.11 Å². The summed E-state index contributed by atoms with van der Waals surface area (Å²) in [4.78, 5) is 10.9. The van der Waals surface area contributed by atoms with Gasteiger partial charge >= 0.3 is 5.97 Å². The van der Waals surface area contributed by atoms with Gasteiger partial charge in [-0.15, -0.1) is 0 Å². The van der Waals surface area contributed by atoms with Crippen molar-refractivity contribution < 1.29 is 18.3 Å². The van der Waals surface area contributed by atoms with E-state index in [0.717, 1.165) is 6.42 Å². The van der Waals surface area contributed by atoms with Crippen LogP contribution >= 0.6 is 23.2 Å². The van der Waals surface area contributed by atoms with Gasteiger partial charge in [-0.3, -0.25) is 0 Å². The third kappa shape index (κ3) is 2.65. The molecule has 0 aliphatic carbocycles. The average molecular weight is 338 g/mol. The number of halogens is 2. The van der Waals surface area contributed by atoms with Crippen molar-refractivity contribution in [3.63, 3.8) is 0 Å². The highest BCUT2D eigenvalue weighted by Gasteiger charge is 2.33. The third-order valence-electron chi connectivity index (χ3n) is 3.27. The molecule has 1 atom stereocenters. The van der Waals surface area contributed by atoms with Crippen LogP contribution in [0.25, 0.3) is 0 Å². The molecule has 8 heteroatoms. The summed E-state index contributed by atoms with van der Waals surface area (Å²) in [6.07, 6.45) is 0.774. The van der Waals surface area contributed by atoms with Gasteiger partial charge in [0.2, 0.25) is 10.0 Å². The first-order chi connectivity index (χ1) is 9.25. The highest BCUT2D eigenvalue weighted by molar-refractivity contribution is 7.89. The maximum Gasteiger partial charge on any atom is 0.338 e. The third-order valence-corrected chi connectivity index (χ3v) is 6.00. The van der Waals surface area contributed by atoms with Gasteiger partial charge in [-0.2, -0.15) is 4.31 Å². The first-order valence-electron chi connectivity index (χ1n) is 5.96. The van der Waals surface area contributed by atoms with Crippen molar-refractivity contribution in [1.82, 2.24) is 4.31 Å². The van der Waals surface area contributed by atoms with Gasteiger partial charge in [-0.25, -0.2) is 13.2 Å². The van der Waals surface area contributed by atoms with Crippen LogP contribution in [0.3, 0.4) is 0 Å². The number of carbonyl (C=O) groups is 1. The number of sulfonamides is 1. The lowest BCUT2D eigenvalue weighted by Crippen LogP contribution is -2.29. The summed E-state index contributed by atoms with van der Waals surface area (Å²) in [7, 11) is -3.80. The van der Waals surface area contributed by atoms with Crippen LogP contribution in [0.15, 0.2) is 17.0 Å². The van der Waals surface area contributed by atoms with E-state index in [9.17, 15) is 13.2 Å². The number of nitrogens with zero attached hydrogens (tertiary/aromatic N) is 1. The Morgan fingerprint density at radius 2 is 2.05 bits per heavy atom. The molecule has 1 fully saturated rings. The fourth-order valence-electron chi connectivity index (χ4n) is 2.18. The largest absolute Gasteiger partial charge is 0.478 e. The van der Waals surface area contributed by atoms with Crippen molar-refractivity contribution in [1.29, 1.82) is 0 Å². The molecule has 2 rings (SSSR count). The second kappa shape index (κ2) is 5.52. The molecule has 1 saturated heterocycles. The first kappa shape index (κ1) is 15.6. The van der Waals surface area contributed by atoms with Crippen LogP contribution < -0.4 is 0 Å². The second-order valence-corrected chi connectivity index (χ2v) is 7.49. The van der Waals surface area contributed by atoms with Crippen molar-refractivity contribution in [2.24, 2.45) is 5.92 Å². The predicted octanol–water partition coefficient (Wildman–Crippen LogP) is 2.72. The molecule has 0 amide bonds. The number of aromatic carboxylic acids is 1. The highest BCUT2D eigenvalue weighted by Crippen LogP contribution is 2.34. The zero-order chi connectivity index (χ0) is 15.1. The van der Waals surface area contributed by atoms with Crippen LogP contribution in [-0.4, -0.2) is 36.9 Å². The molecule has 1 N–H and O–H groups in total. The minimum atomic E-state index is -3.80. The van der Waals surface area contributed by atoms with Gasteiger partial charge in [0.15, 0.2) is 0 Å². The van der Waals surface area contributed by atoms with E-state index in [4.69, 9.17) is 28.3 Å². The normalized spacial score (nSPS) is 20.2. The van der Waals surface area contributed by atoms with E-state index < -0.39 is 16.0 Å². The number of hydrogen-bond donors (Lipinski definition) is 1. The van der Waals surface area contributed by atoms with E-state index in [-0.39, 0.29) is 26.4 Å². The van der Waals surface area contributed by atoms with Gasteiger partial charge in [-0.05, 0) is 24.5 Å². The fraction of sp³-hybridized carbons (Fsp3) is 0.417. The molecule has 1 aliphatic heterocycles. The van der Waals surface area contributed by atoms with E-state index in [1.807, 2.05) is 6.92 Å². The SMILES string of the molecule is CC1CCN(S(=O)(=O)c2ccc(Cl)c(C(=O)O)c2Cl)C1. The number of rotatable bonds is 3. The quantitative estimate of drug-likeness (QED) is 0.920. The van der Waals surface area contributed by atoms with E-state index in [1.165, 1.54) is 16.4 Å². The van der Waals surface area contributed by atoms with Crippen molar-refractivity contribution in [3.8, 4) is 0 Å². The molecule has 0 saturated carbocycles. The van der Waals surface area contributed by atoms with E-state index in [1.54, 1.807) is 0 Å². The fourth-order valence-corrected chi connectivity index (χ4v) is 4.65. The van der Waals surface area contributed by atoms with Crippen molar-refractivity contribution in [2.75, 3.05) is 13.1 Å². The highest BCUT2D eigenvalue weighted by atomic mass is 35.5. The maximum atomic E-state index is 12.5. The molecule has 1 aliphatic rings. The topological polar surface area (TPSA) is 74.7 Å². The van der Waals surface area contributed by atoms with Crippen LogP contribution in [-0.2, 0) is 10.0 Å².